The fourth-order valence-electron chi connectivity index (χ4n) is 1.45. The van der Waals surface area contributed by atoms with Crippen molar-refractivity contribution in [2.75, 3.05) is 6.61 Å². The van der Waals surface area contributed by atoms with Gasteiger partial charge in [-0.15, -0.1) is 0 Å². The molecule has 0 N–H and O–H groups in total. The molecule has 1 aromatic carbocycles. The average Bonchev–Trinajstić information content (AvgIpc) is 2.33. The van der Waals surface area contributed by atoms with Crippen molar-refractivity contribution >= 4 is 0 Å². The Morgan fingerprint density at radius 3 is 2.33 bits per heavy atom. The molecule has 0 amide bonds. The van der Waals surface area contributed by atoms with E-state index < -0.39 is 17.5 Å². The quantitative estimate of drug-likeness (QED) is 0.608. The van der Waals surface area contributed by atoms with Crippen LogP contribution in [0.5, 0.6) is 0 Å². The fourth-order valence-corrected chi connectivity index (χ4v) is 1.45. The Bertz CT molecular complexity index is 457. The van der Waals surface area contributed by atoms with Gasteiger partial charge in [0.05, 0.1) is 18.2 Å². The minimum atomic E-state index is -4.64. The van der Waals surface area contributed by atoms with Gasteiger partial charge in [-0.2, -0.15) is 18.4 Å². The number of nitrogens with zero attached hydrogens (tertiary/aromatic N) is 1. The van der Waals surface area contributed by atoms with Crippen LogP contribution in [-0.4, -0.2) is 12.8 Å². The molecule has 1 aromatic rings. The van der Waals surface area contributed by atoms with E-state index in [1.807, 2.05) is 0 Å². The number of hydrogen-bond acceptors (Lipinski definition) is 2. The SMILES string of the molecule is CCO/C(=C(\C#N)Cc1ccccc1)C(F)(F)F. The van der Waals surface area contributed by atoms with Crippen LogP contribution in [0.1, 0.15) is 12.5 Å². The number of rotatable bonds is 4. The number of benzene rings is 1. The summed E-state index contributed by atoms with van der Waals surface area (Å²) < 4.78 is 42.7. The molecule has 0 atom stereocenters. The first-order valence-electron chi connectivity index (χ1n) is 5.36. The van der Waals surface area contributed by atoms with Crippen molar-refractivity contribution in [2.24, 2.45) is 0 Å². The Morgan fingerprint density at radius 2 is 1.89 bits per heavy atom. The van der Waals surface area contributed by atoms with E-state index in [2.05, 4.69) is 4.74 Å². The number of alkyl halides is 3. The molecule has 2 nitrogen and oxygen atoms in total. The largest absolute Gasteiger partial charge is 0.489 e. The molecule has 1 rings (SSSR count). The minimum absolute atomic E-state index is 0.0911. The van der Waals surface area contributed by atoms with Crippen LogP contribution in [0.15, 0.2) is 41.7 Å². The first-order valence-corrected chi connectivity index (χ1v) is 5.36. The Balaban J connectivity index is 3.09. The van der Waals surface area contributed by atoms with Crippen LogP contribution in [-0.2, 0) is 11.2 Å². The average molecular weight is 255 g/mol. The summed E-state index contributed by atoms with van der Waals surface area (Å²) in [6, 6.07) is 10.1. The Morgan fingerprint density at radius 1 is 1.28 bits per heavy atom. The third kappa shape index (κ3) is 3.81. The van der Waals surface area contributed by atoms with E-state index in [9.17, 15) is 13.2 Å². The van der Waals surface area contributed by atoms with Crippen molar-refractivity contribution in [1.29, 1.82) is 5.26 Å². The number of nitriles is 1. The monoisotopic (exact) mass is 255 g/mol. The van der Waals surface area contributed by atoms with Gasteiger partial charge in [0.2, 0.25) is 5.76 Å². The number of ether oxygens (including phenoxy) is 1. The summed E-state index contributed by atoms with van der Waals surface area (Å²) in [7, 11) is 0. The highest BCUT2D eigenvalue weighted by atomic mass is 19.4. The van der Waals surface area contributed by atoms with Crippen LogP contribution in [0.3, 0.4) is 0 Å². The highest BCUT2D eigenvalue weighted by Gasteiger charge is 2.38. The van der Waals surface area contributed by atoms with E-state index in [1.165, 1.54) is 6.92 Å². The smallest absolute Gasteiger partial charge is 0.449 e. The number of halogens is 3. The topological polar surface area (TPSA) is 33.0 Å². The normalized spacial score (nSPS) is 12.6. The lowest BCUT2D eigenvalue weighted by atomic mass is 10.0. The lowest BCUT2D eigenvalue weighted by Gasteiger charge is -2.14. The van der Waals surface area contributed by atoms with E-state index in [-0.39, 0.29) is 13.0 Å². The molecule has 0 aromatic heterocycles. The van der Waals surface area contributed by atoms with Gasteiger partial charge in [0.25, 0.3) is 0 Å². The predicted octanol–water partition coefficient (Wildman–Crippen LogP) is 3.61. The molecular weight excluding hydrogens is 243 g/mol. The molecule has 0 saturated heterocycles. The Kier molecular flexibility index (Phi) is 4.78. The summed E-state index contributed by atoms with van der Waals surface area (Å²) in [4.78, 5) is 0. The van der Waals surface area contributed by atoms with E-state index in [0.717, 1.165) is 0 Å². The summed E-state index contributed by atoms with van der Waals surface area (Å²) in [6.07, 6.45) is -4.73. The van der Waals surface area contributed by atoms with Crippen LogP contribution >= 0.6 is 0 Å². The summed E-state index contributed by atoms with van der Waals surface area (Å²) in [5.74, 6) is -1.20. The standard InChI is InChI=1S/C13H12F3NO/c1-2-18-12(13(14,15)16)11(9-17)8-10-6-4-3-5-7-10/h3-7H,2,8H2,1H3/b12-11-. The van der Waals surface area contributed by atoms with Crippen molar-refractivity contribution in [2.45, 2.75) is 19.5 Å². The van der Waals surface area contributed by atoms with E-state index in [4.69, 9.17) is 5.26 Å². The molecule has 96 valence electrons. The molecule has 0 aliphatic carbocycles. The second kappa shape index (κ2) is 6.10. The molecule has 0 aliphatic rings. The highest BCUT2D eigenvalue weighted by Crippen LogP contribution is 2.30. The molecule has 0 fully saturated rings. The Hall–Kier alpha value is -1.96. The van der Waals surface area contributed by atoms with E-state index in [0.29, 0.717) is 5.56 Å². The highest BCUT2D eigenvalue weighted by molar-refractivity contribution is 5.33. The lowest BCUT2D eigenvalue weighted by Crippen LogP contribution is -2.18. The van der Waals surface area contributed by atoms with Gasteiger partial charge in [-0.25, -0.2) is 0 Å². The molecule has 0 spiro atoms. The van der Waals surface area contributed by atoms with Crippen LogP contribution in [0.4, 0.5) is 13.2 Å². The molecule has 18 heavy (non-hydrogen) atoms. The van der Waals surface area contributed by atoms with Crippen molar-refractivity contribution in [3.05, 3.63) is 47.2 Å². The van der Waals surface area contributed by atoms with Gasteiger partial charge in [-0.05, 0) is 12.5 Å². The summed E-state index contributed by atoms with van der Waals surface area (Å²) in [5.41, 5.74) is 0.228. The molecule has 0 radical (unpaired) electrons. The lowest BCUT2D eigenvalue weighted by molar-refractivity contribution is -0.131. The number of hydrogen-bond donors (Lipinski definition) is 0. The molecule has 0 aliphatic heterocycles. The minimum Gasteiger partial charge on any atom is -0.489 e. The van der Waals surface area contributed by atoms with Gasteiger partial charge in [0.1, 0.15) is 0 Å². The first kappa shape index (κ1) is 14.1. The molecule has 0 saturated carbocycles. The second-order valence-corrected chi connectivity index (χ2v) is 3.51. The first-order chi connectivity index (χ1) is 8.49. The third-order valence-corrected chi connectivity index (χ3v) is 2.18. The zero-order valence-corrected chi connectivity index (χ0v) is 9.79. The van der Waals surface area contributed by atoms with Crippen molar-refractivity contribution < 1.29 is 17.9 Å². The fraction of sp³-hybridized carbons (Fsp3) is 0.308. The predicted molar refractivity (Wildman–Crippen MR) is 60.5 cm³/mol. The van der Waals surface area contributed by atoms with Crippen LogP contribution < -0.4 is 0 Å². The maximum atomic E-state index is 12.7. The van der Waals surface area contributed by atoms with E-state index in [1.54, 1.807) is 36.4 Å². The van der Waals surface area contributed by atoms with Gasteiger partial charge in [0.15, 0.2) is 0 Å². The van der Waals surface area contributed by atoms with E-state index >= 15 is 0 Å². The Labute approximate surface area is 103 Å². The summed E-state index contributed by atoms with van der Waals surface area (Å²) >= 11 is 0. The van der Waals surface area contributed by atoms with Crippen molar-refractivity contribution in [1.82, 2.24) is 0 Å². The number of allylic oxidation sites excluding steroid dienone is 2. The maximum absolute atomic E-state index is 12.7. The van der Waals surface area contributed by atoms with Gasteiger partial charge < -0.3 is 4.74 Å². The molecule has 0 bridgehead atoms. The summed E-state index contributed by atoms with van der Waals surface area (Å²) in [5, 5.41) is 8.86. The van der Waals surface area contributed by atoms with Gasteiger partial charge in [-0.3, -0.25) is 0 Å². The third-order valence-electron chi connectivity index (χ3n) is 2.18. The van der Waals surface area contributed by atoms with Gasteiger partial charge >= 0.3 is 6.18 Å². The zero-order valence-electron chi connectivity index (χ0n) is 9.79. The van der Waals surface area contributed by atoms with Crippen molar-refractivity contribution in [3.8, 4) is 6.07 Å². The zero-order chi connectivity index (χ0) is 13.6. The molecule has 0 unspecified atom stereocenters. The second-order valence-electron chi connectivity index (χ2n) is 3.51. The van der Waals surface area contributed by atoms with Crippen LogP contribution in [0, 0.1) is 11.3 Å². The maximum Gasteiger partial charge on any atom is 0.449 e. The van der Waals surface area contributed by atoms with Crippen LogP contribution in [0.2, 0.25) is 0 Å². The van der Waals surface area contributed by atoms with Crippen LogP contribution in [0.25, 0.3) is 0 Å². The molecule has 0 heterocycles. The molecule has 5 heteroatoms. The molecular formula is C13H12F3NO. The van der Waals surface area contributed by atoms with Gasteiger partial charge in [0, 0.05) is 6.42 Å². The van der Waals surface area contributed by atoms with Gasteiger partial charge in [-0.1, -0.05) is 30.3 Å². The summed E-state index contributed by atoms with van der Waals surface area (Å²) in [6.45, 7) is 1.32. The van der Waals surface area contributed by atoms with Crippen molar-refractivity contribution in [3.63, 3.8) is 0 Å².